The van der Waals surface area contributed by atoms with E-state index in [4.69, 9.17) is 27.9 Å². The van der Waals surface area contributed by atoms with Crippen LogP contribution in [0.1, 0.15) is 23.6 Å². The SMILES string of the molecule is CCOc1cc(/C=C(\C#N)C(=O)Nc2ccccc2Cl)cc(Cl)c1Cc1ccccc1F. The molecule has 0 saturated carbocycles. The lowest BCUT2D eigenvalue weighted by atomic mass is 10.0. The fourth-order valence-corrected chi connectivity index (χ4v) is 3.54. The third-order valence-corrected chi connectivity index (χ3v) is 5.27. The second-order valence-corrected chi connectivity index (χ2v) is 7.60. The quantitative estimate of drug-likeness (QED) is 0.311. The molecule has 0 unspecified atom stereocenters. The van der Waals surface area contributed by atoms with Gasteiger partial charge in [0.1, 0.15) is 23.2 Å². The van der Waals surface area contributed by atoms with Crippen LogP contribution in [0.3, 0.4) is 0 Å². The van der Waals surface area contributed by atoms with Gasteiger partial charge in [-0.2, -0.15) is 5.26 Å². The number of nitrogens with zero attached hydrogens (tertiary/aromatic N) is 1. The lowest BCUT2D eigenvalue weighted by Gasteiger charge is -2.14. The fraction of sp³-hybridized carbons (Fsp3) is 0.120. The van der Waals surface area contributed by atoms with Crippen molar-refractivity contribution in [3.05, 3.63) is 98.8 Å². The fourth-order valence-electron chi connectivity index (χ4n) is 3.07. The lowest BCUT2D eigenvalue weighted by molar-refractivity contribution is -0.112. The van der Waals surface area contributed by atoms with E-state index in [1.54, 1.807) is 54.6 Å². The average molecular weight is 469 g/mol. The number of nitriles is 1. The molecular formula is C25H19Cl2FN2O2. The molecule has 1 N–H and O–H groups in total. The van der Waals surface area contributed by atoms with Crippen LogP contribution >= 0.6 is 23.2 Å². The monoisotopic (exact) mass is 468 g/mol. The van der Waals surface area contributed by atoms with Crippen LogP contribution in [0.15, 0.2) is 66.2 Å². The Labute approximate surface area is 195 Å². The van der Waals surface area contributed by atoms with E-state index in [9.17, 15) is 14.4 Å². The molecule has 0 radical (unpaired) electrons. The van der Waals surface area contributed by atoms with E-state index < -0.39 is 5.91 Å². The topological polar surface area (TPSA) is 62.1 Å². The second-order valence-electron chi connectivity index (χ2n) is 6.78. The third-order valence-electron chi connectivity index (χ3n) is 4.60. The maximum Gasteiger partial charge on any atom is 0.266 e. The minimum atomic E-state index is -0.606. The van der Waals surface area contributed by atoms with Gasteiger partial charge in [-0.1, -0.05) is 53.5 Å². The molecule has 3 aromatic carbocycles. The van der Waals surface area contributed by atoms with Gasteiger partial charge in [-0.05, 0) is 54.5 Å². The smallest absolute Gasteiger partial charge is 0.266 e. The number of rotatable bonds is 7. The summed E-state index contributed by atoms with van der Waals surface area (Å²) in [7, 11) is 0. The van der Waals surface area contributed by atoms with Crippen LogP contribution in [0.25, 0.3) is 6.08 Å². The Morgan fingerprint density at radius 1 is 1.12 bits per heavy atom. The van der Waals surface area contributed by atoms with Gasteiger partial charge < -0.3 is 10.1 Å². The van der Waals surface area contributed by atoms with Gasteiger partial charge in [0, 0.05) is 17.0 Å². The zero-order chi connectivity index (χ0) is 23.1. The first-order valence-electron chi connectivity index (χ1n) is 9.79. The van der Waals surface area contributed by atoms with Crippen LogP contribution in [0.4, 0.5) is 10.1 Å². The van der Waals surface area contributed by atoms with Crippen LogP contribution < -0.4 is 10.1 Å². The molecule has 3 rings (SSSR count). The maximum atomic E-state index is 14.1. The van der Waals surface area contributed by atoms with Gasteiger partial charge in [0.15, 0.2) is 0 Å². The Morgan fingerprint density at radius 2 is 1.84 bits per heavy atom. The van der Waals surface area contributed by atoms with Crippen LogP contribution in [-0.2, 0) is 11.2 Å². The minimum absolute atomic E-state index is 0.134. The lowest BCUT2D eigenvalue weighted by Crippen LogP contribution is -2.13. The molecule has 4 nitrogen and oxygen atoms in total. The average Bonchev–Trinajstić information content (AvgIpc) is 2.77. The highest BCUT2D eigenvalue weighted by atomic mass is 35.5. The zero-order valence-corrected chi connectivity index (χ0v) is 18.7. The molecule has 0 aliphatic heterocycles. The van der Waals surface area contributed by atoms with Crippen LogP contribution in [-0.4, -0.2) is 12.5 Å². The van der Waals surface area contributed by atoms with Gasteiger partial charge in [0.05, 0.1) is 17.3 Å². The molecule has 0 heterocycles. The molecule has 32 heavy (non-hydrogen) atoms. The van der Waals surface area contributed by atoms with Crippen LogP contribution in [0.5, 0.6) is 5.75 Å². The van der Waals surface area contributed by atoms with Gasteiger partial charge in [-0.3, -0.25) is 4.79 Å². The van der Waals surface area contributed by atoms with Crippen LogP contribution in [0, 0.1) is 17.1 Å². The van der Waals surface area contributed by atoms with Crippen molar-refractivity contribution in [2.45, 2.75) is 13.3 Å². The first kappa shape index (κ1) is 23.3. The number of nitrogens with one attached hydrogen (secondary N) is 1. The summed E-state index contributed by atoms with van der Waals surface area (Å²) in [5.74, 6) is -0.485. The van der Waals surface area contributed by atoms with Crippen molar-refractivity contribution < 1.29 is 13.9 Å². The molecule has 3 aromatic rings. The van der Waals surface area contributed by atoms with Crippen molar-refractivity contribution in [3.63, 3.8) is 0 Å². The van der Waals surface area contributed by atoms with Crippen molar-refractivity contribution >= 4 is 40.9 Å². The summed E-state index contributed by atoms with van der Waals surface area (Å²) in [4.78, 5) is 12.6. The summed E-state index contributed by atoms with van der Waals surface area (Å²) in [6.45, 7) is 2.19. The highest BCUT2D eigenvalue weighted by molar-refractivity contribution is 6.34. The van der Waals surface area contributed by atoms with Gasteiger partial charge in [-0.15, -0.1) is 0 Å². The standard InChI is InChI=1S/C25H19Cl2FN2O2/c1-2-32-24-13-16(12-21(27)19(24)14-17-7-3-5-9-22(17)28)11-18(15-29)25(31)30-23-10-6-4-8-20(23)26/h3-13H,2,14H2,1H3,(H,30,31)/b18-11+. The summed E-state index contributed by atoms with van der Waals surface area (Å²) in [5, 5.41) is 12.8. The molecular weight excluding hydrogens is 450 g/mol. The molecule has 162 valence electrons. The van der Waals surface area contributed by atoms with Crippen LogP contribution in [0.2, 0.25) is 10.0 Å². The van der Waals surface area contributed by atoms with E-state index in [1.807, 2.05) is 13.0 Å². The first-order valence-corrected chi connectivity index (χ1v) is 10.5. The van der Waals surface area contributed by atoms with E-state index in [0.717, 1.165) is 0 Å². The molecule has 0 atom stereocenters. The first-order chi connectivity index (χ1) is 15.4. The number of benzene rings is 3. The number of ether oxygens (including phenoxy) is 1. The third kappa shape index (κ3) is 5.67. The maximum absolute atomic E-state index is 14.1. The zero-order valence-electron chi connectivity index (χ0n) is 17.2. The predicted octanol–water partition coefficient (Wildman–Crippen LogP) is 6.67. The van der Waals surface area contributed by atoms with Gasteiger partial charge in [0.25, 0.3) is 5.91 Å². The highest BCUT2D eigenvalue weighted by Gasteiger charge is 2.16. The number of para-hydroxylation sites is 1. The van der Waals surface area contributed by atoms with E-state index in [-0.39, 0.29) is 17.8 Å². The van der Waals surface area contributed by atoms with Crippen molar-refractivity contribution in [2.75, 3.05) is 11.9 Å². The number of halogens is 3. The summed E-state index contributed by atoms with van der Waals surface area (Å²) in [6, 6.07) is 18.3. The van der Waals surface area contributed by atoms with Crippen molar-refractivity contribution in [2.24, 2.45) is 0 Å². The Morgan fingerprint density at radius 3 is 2.53 bits per heavy atom. The second kappa shape index (κ2) is 10.8. The Balaban J connectivity index is 1.93. The van der Waals surface area contributed by atoms with E-state index in [2.05, 4.69) is 5.32 Å². The summed E-state index contributed by atoms with van der Waals surface area (Å²) < 4.78 is 19.9. The van der Waals surface area contributed by atoms with E-state index >= 15 is 0 Å². The van der Waals surface area contributed by atoms with E-state index in [0.29, 0.717) is 44.8 Å². The van der Waals surface area contributed by atoms with Gasteiger partial charge in [0.2, 0.25) is 0 Å². The van der Waals surface area contributed by atoms with Crippen molar-refractivity contribution in [3.8, 4) is 11.8 Å². The number of hydrogen-bond donors (Lipinski definition) is 1. The predicted molar refractivity (Wildman–Crippen MR) is 125 cm³/mol. The Hall–Kier alpha value is -3.33. The summed E-state index contributed by atoms with van der Waals surface area (Å²) in [5.41, 5.74) is 1.87. The van der Waals surface area contributed by atoms with E-state index in [1.165, 1.54) is 12.1 Å². The summed E-state index contributed by atoms with van der Waals surface area (Å²) >= 11 is 12.6. The number of carbonyl (C=O) groups is 1. The Bertz CT molecular complexity index is 1220. The molecule has 0 aliphatic carbocycles. The van der Waals surface area contributed by atoms with Gasteiger partial charge in [-0.25, -0.2) is 4.39 Å². The highest BCUT2D eigenvalue weighted by Crippen LogP contribution is 2.32. The molecule has 0 saturated heterocycles. The normalized spacial score (nSPS) is 11.0. The minimum Gasteiger partial charge on any atom is -0.494 e. The van der Waals surface area contributed by atoms with Crippen molar-refractivity contribution in [1.82, 2.24) is 0 Å². The number of anilines is 1. The molecule has 0 spiro atoms. The number of hydrogen-bond acceptors (Lipinski definition) is 3. The number of carbonyl (C=O) groups excluding carboxylic acids is 1. The molecule has 7 heteroatoms. The van der Waals surface area contributed by atoms with Crippen molar-refractivity contribution in [1.29, 1.82) is 5.26 Å². The largest absolute Gasteiger partial charge is 0.494 e. The molecule has 1 amide bonds. The molecule has 0 aromatic heterocycles. The van der Waals surface area contributed by atoms with Gasteiger partial charge >= 0.3 is 0 Å². The summed E-state index contributed by atoms with van der Waals surface area (Å²) in [6.07, 6.45) is 1.65. The molecule has 0 bridgehead atoms. The molecule has 0 fully saturated rings. The Kier molecular flexibility index (Phi) is 7.88. The molecule has 0 aliphatic rings. The number of amides is 1.